The standard InChI is InChI=1S/C20H31N3O2/c1-21(16-20(25)23-13-9-19(24)10-14-23)18-8-12-22(15-18)11-7-17-5-3-2-4-6-17/h2-6,18-19,24H,7-16H2,1H3/t18-/m1/s1. The molecule has 1 N–H and O–H groups in total. The van der Waals surface area contributed by atoms with Gasteiger partial charge in [0.2, 0.25) is 5.91 Å². The Kier molecular flexibility index (Phi) is 6.45. The lowest BCUT2D eigenvalue weighted by atomic mass is 10.1. The Morgan fingerprint density at radius 3 is 2.60 bits per heavy atom. The molecule has 2 aliphatic heterocycles. The number of carbonyl (C=O) groups is 1. The first-order valence-electron chi connectivity index (χ1n) is 9.54. The molecule has 0 spiro atoms. The molecule has 2 aliphatic rings. The number of piperidine rings is 1. The maximum atomic E-state index is 12.5. The number of amides is 1. The summed E-state index contributed by atoms with van der Waals surface area (Å²) in [6.45, 7) is 5.14. The molecule has 25 heavy (non-hydrogen) atoms. The van der Waals surface area contributed by atoms with E-state index in [1.54, 1.807) is 0 Å². The lowest BCUT2D eigenvalue weighted by molar-refractivity contribution is -0.134. The van der Waals surface area contributed by atoms with Crippen molar-refractivity contribution in [2.75, 3.05) is 46.3 Å². The van der Waals surface area contributed by atoms with Gasteiger partial charge in [-0.2, -0.15) is 0 Å². The first-order valence-corrected chi connectivity index (χ1v) is 9.54. The molecule has 0 unspecified atom stereocenters. The fourth-order valence-electron chi connectivity index (χ4n) is 3.86. The van der Waals surface area contributed by atoms with Crippen LogP contribution in [0.2, 0.25) is 0 Å². The Hall–Kier alpha value is -1.43. The van der Waals surface area contributed by atoms with Crippen molar-refractivity contribution in [3.63, 3.8) is 0 Å². The van der Waals surface area contributed by atoms with Crippen molar-refractivity contribution in [3.05, 3.63) is 35.9 Å². The number of aliphatic hydroxyl groups excluding tert-OH is 1. The summed E-state index contributed by atoms with van der Waals surface area (Å²) in [4.78, 5) is 19.1. The molecular formula is C20H31N3O2. The van der Waals surface area contributed by atoms with Gasteiger partial charge in [0.25, 0.3) is 0 Å². The van der Waals surface area contributed by atoms with Crippen molar-refractivity contribution >= 4 is 5.91 Å². The highest BCUT2D eigenvalue weighted by molar-refractivity contribution is 5.78. The van der Waals surface area contributed by atoms with Crippen LogP contribution in [-0.4, -0.2) is 84.2 Å². The van der Waals surface area contributed by atoms with Gasteiger partial charge in [-0.1, -0.05) is 30.3 Å². The molecule has 1 atom stereocenters. The third kappa shape index (κ3) is 5.27. The number of hydrogen-bond acceptors (Lipinski definition) is 4. The third-order valence-corrected chi connectivity index (χ3v) is 5.63. The van der Waals surface area contributed by atoms with Crippen molar-refractivity contribution in [2.45, 2.75) is 37.8 Å². The number of rotatable bonds is 6. The second kappa shape index (κ2) is 8.79. The van der Waals surface area contributed by atoms with Crippen LogP contribution in [0, 0.1) is 0 Å². The van der Waals surface area contributed by atoms with Crippen molar-refractivity contribution in [3.8, 4) is 0 Å². The SMILES string of the molecule is CN(CC(=O)N1CCC(O)CC1)[C@@H]1CCN(CCc2ccccc2)C1. The van der Waals surface area contributed by atoms with Gasteiger partial charge in [-0.3, -0.25) is 9.69 Å². The predicted octanol–water partition coefficient (Wildman–Crippen LogP) is 1.22. The summed E-state index contributed by atoms with van der Waals surface area (Å²) in [5.41, 5.74) is 1.39. The van der Waals surface area contributed by atoms with Crippen LogP contribution >= 0.6 is 0 Å². The molecule has 0 radical (unpaired) electrons. The van der Waals surface area contributed by atoms with E-state index in [9.17, 15) is 9.90 Å². The van der Waals surface area contributed by atoms with E-state index in [0.29, 0.717) is 38.5 Å². The summed E-state index contributed by atoms with van der Waals surface area (Å²) in [7, 11) is 2.07. The van der Waals surface area contributed by atoms with Gasteiger partial charge in [0.1, 0.15) is 0 Å². The zero-order valence-electron chi connectivity index (χ0n) is 15.3. The van der Waals surface area contributed by atoms with Crippen LogP contribution in [0.1, 0.15) is 24.8 Å². The quantitative estimate of drug-likeness (QED) is 0.842. The highest BCUT2D eigenvalue weighted by Crippen LogP contribution is 2.16. The summed E-state index contributed by atoms with van der Waals surface area (Å²) >= 11 is 0. The third-order valence-electron chi connectivity index (χ3n) is 5.63. The Morgan fingerprint density at radius 1 is 1.16 bits per heavy atom. The van der Waals surface area contributed by atoms with Crippen LogP contribution in [-0.2, 0) is 11.2 Å². The Balaban J connectivity index is 1.39. The molecule has 0 aliphatic carbocycles. The van der Waals surface area contributed by atoms with Crippen LogP contribution in [0.15, 0.2) is 30.3 Å². The fraction of sp³-hybridized carbons (Fsp3) is 0.650. The van der Waals surface area contributed by atoms with Crippen molar-refractivity contribution < 1.29 is 9.90 Å². The summed E-state index contributed by atoms with van der Waals surface area (Å²) in [5, 5.41) is 9.57. The summed E-state index contributed by atoms with van der Waals surface area (Å²) in [5.74, 6) is 0.206. The number of carbonyl (C=O) groups excluding carboxylic acids is 1. The molecule has 1 amide bonds. The van der Waals surface area contributed by atoms with E-state index >= 15 is 0 Å². The largest absolute Gasteiger partial charge is 0.393 e. The molecule has 5 nitrogen and oxygen atoms in total. The molecule has 2 fully saturated rings. The Bertz CT molecular complexity index is 543. The topological polar surface area (TPSA) is 47.0 Å². The van der Waals surface area contributed by atoms with Crippen LogP contribution in [0.5, 0.6) is 0 Å². The summed E-state index contributed by atoms with van der Waals surface area (Å²) in [6, 6.07) is 11.1. The van der Waals surface area contributed by atoms with Gasteiger partial charge in [0.15, 0.2) is 0 Å². The zero-order chi connectivity index (χ0) is 17.6. The van der Waals surface area contributed by atoms with Gasteiger partial charge in [0, 0.05) is 32.2 Å². The number of benzene rings is 1. The van der Waals surface area contributed by atoms with Gasteiger partial charge in [-0.25, -0.2) is 0 Å². The van der Waals surface area contributed by atoms with E-state index in [1.165, 1.54) is 5.56 Å². The Morgan fingerprint density at radius 2 is 1.88 bits per heavy atom. The monoisotopic (exact) mass is 345 g/mol. The molecule has 2 saturated heterocycles. The zero-order valence-corrected chi connectivity index (χ0v) is 15.3. The van der Waals surface area contributed by atoms with Crippen LogP contribution in [0.3, 0.4) is 0 Å². The van der Waals surface area contributed by atoms with Gasteiger partial charge >= 0.3 is 0 Å². The molecule has 1 aromatic carbocycles. The number of hydrogen-bond donors (Lipinski definition) is 1. The number of likely N-dealkylation sites (tertiary alicyclic amines) is 2. The smallest absolute Gasteiger partial charge is 0.236 e. The molecule has 0 saturated carbocycles. The summed E-state index contributed by atoms with van der Waals surface area (Å²) in [6.07, 6.45) is 3.43. The van der Waals surface area contributed by atoms with E-state index < -0.39 is 0 Å². The minimum absolute atomic E-state index is 0.206. The van der Waals surface area contributed by atoms with Gasteiger partial charge in [-0.15, -0.1) is 0 Å². The second-order valence-corrected chi connectivity index (χ2v) is 7.51. The second-order valence-electron chi connectivity index (χ2n) is 7.51. The van der Waals surface area contributed by atoms with Gasteiger partial charge in [0.05, 0.1) is 12.6 Å². The van der Waals surface area contributed by atoms with Gasteiger partial charge < -0.3 is 14.9 Å². The number of nitrogens with zero attached hydrogens (tertiary/aromatic N) is 3. The molecule has 3 rings (SSSR count). The van der Waals surface area contributed by atoms with Crippen molar-refractivity contribution in [1.29, 1.82) is 0 Å². The van der Waals surface area contributed by atoms with Crippen LogP contribution in [0.4, 0.5) is 0 Å². The molecule has 1 aromatic rings. The summed E-state index contributed by atoms with van der Waals surface area (Å²) < 4.78 is 0. The first-order chi connectivity index (χ1) is 12.1. The lowest BCUT2D eigenvalue weighted by Crippen LogP contribution is -2.47. The highest BCUT2D eigenvalue weighted by atomic mass is 16.3. The van der Waals surface area contributed by atoms with Crippen LogP contribution in [0.25, 0.3) is 0 Å². The average molecular weight is 345 g/mol. The fourth-order valence-corrected chi connectivity index (χ4v) is 3.86. The lowest BCUT2D eigenvalue weighted by Gasteiger charge is -2.32. The molecular weight excluding hydrogens is 314 g/mol. The maximum Gasteiger partial charge on any atom is 0.236 e. The van der Waals surface area contributed by atoms with E-state index in [0.717, 1.165) is 32.5 Å². The minimum Gasteiger partial charge on any atom is -0.393 e. The molecule has 2 heterocycles. The highest BCUT2D eigenvalue weighted by Gasteiger charge is 2.28. The van der Waals surface area contributed by atoms with E-state index in [2.05, 4.69) is 47.2 Å². The maximum absolute atomic E-state index is 12.5. The number of likely N-dealkylation sites (N-methyl/N-ethyl adjacent to an activating group) is 1. The molecule has 0 bridgehead atoms. The van der Waals surface area contributed by atoms with E-state index in [-0.39, 0.29) is 12.0 Å². The van der Waals surface area contributed by atoms with Crippen molar-refractivity contribution in [2.24, 2.45) is 0 Å². The normalized spacial score (nSPS) is 22.7. The number of aliphatic hydroxyl groups is 1. The van der Waals surface area contributed by atoms with Crippen LogP contribution < -0.4 is 0 Å². The molecule has 5 heteroatoms. The predicted molar refractivity (Wildman–Crippen MR) is 99.4 cm³/mol. The minimum atomic E-state index is -0.227. The first kappa shape index (κ1) is 18.4. The van der Waals surface area contributed by atoms with E-state index in [1.807, 2.05) is 4.90 Å². The van der Waals surface area contributed by atoms with Gasteiger partial charge in [-0.05, 0) is 44.8 Å². The van der Waals surface area contributed by atoms with Crippen molar-refractivity contribution in [1.82, 2.24) is 14.7 Å². The molecule has 138 valence electrons. The Labute approximate surface area is 151 Å². The molecule has 0 aromatic heterocycles. The average Bonchev–Trinajstić information content (AvgIpc) is 3.10. The van der Waals surface area contributed by atoms with E-state index in [4.69, 9.17) is 0 Å².